The minimum atomic E-state index is -0.341. The van der Waals surface area contributed by atoms with Gasteiger partial charge in [-0.2, -0.15) is 0 Å². The quantitative estimate of drug-likeness (QED) is 0.715. The van der Waals surface area contributed by atoms with Crippen molar-refractivity contribution in [2.45, 2.75) is 19.9 Å². The number of nitrogens with zero attached hydrogens (tertiary/aromatic N) is 2. The summed E-state index contributed by atoms with van der Waals surface area (Å²) in [6.45, 7) is 2.14. The van der Waals surface area contributed by atoms with Gasteiger partial charge in [-0.15, -0.1) is 0 Å². The number of pyridine rings is 1. The fourth-order valence-corrected chi connectivity index (χ4v) is 2.44. The van der Waals surface area contributed by atoms with Gasteiger partial charge in [-0.3, -0.25) is 9.78 Å². The van der Waals surface area contributed by atoms with Crippen molar-refractivity contribution in [3.8, 4) is 0 Å². The summed E-state index contributed by atoms with van der Waals surface area (Å²) in [5.74, 6) is 1.01. The number of hydrogen-bond donors (Lipinski definition) is 0. The molecule has 2 heterocycles. The number of aryl methyl sites for hydroxylation is 1. The SMILES string of the molecule is Cc1ccc(CN(C(=O)Cc2cccnc2)c2ccc(F)cc2)o1. The number of carbonyl (C=O) groups excluding carboxylic acids is 1. The van der Waals surface area contributed by atoms with Crippen LogP contribution in [0.15, 0.2) is 65.3 Å². The van der Waals surface area contributed by atoms with E-state index in [-0.39, 0.29) is 18.1 Å². The Morgan fingerprint density at radius 2 is 1.96 bits per heavy atom. The average molecular weight is 324 g/mol. The second-order valence-corrected chi connectivity index (χ2v) is 5.51. The minimum absolute atomic E-state index is 0.108. The normalized spacial score (nSPS) is 10.6. The number of aromatic nitrogens is 1. The van der Waals surface area contributed by atoms with Gasteiger partial charge in [0.1, 0.15) is 17.3 Å². The van der Waals surface area contributed by atoms with E-state index in [0.29, 0.717) is 18.0 Å². The second-order valence-electron chi connectivity index (χ2n) is 5.51. The van der Waals surface area contributed by atoms with E-state index in [4.69, 9.17) is 4.42 Å². The smallest absolute Gasteiger partial charge is 0.231 e. The molecule has 0 radical (unpaired) electrons. The van der Waals surface area contributed by atoms with E-state index in [1.165, 1.54) is 12.1 Å². The topological polar surface area (TPSA) is 46.3 Å². The van der Waals surface area contributed by atoms with Gasteiger partial charge in [0.2, 0.25) is 5.91 Å². The predicted octanol–water partition coefficient (Wildman–Crippen LogP) is 3.90. The molecule has 5 heteroatoms. The molecule has 122 valence electrons. The number of carbonyl (C=O) groups is 1. The number of amides is 1. The Hall–Kier alpha value is -2.95. The number of halogens is 1. The molecule has 0 saturated heterocycles. The standard InChI is InChI=1S/C19H17FN2O2/c1-14-4-9-18(24-14)13-22(17-7-5-16(20)6-8-17)19(23)11-15-3-2-10-21-12-15/h2-10,12H,11,13H2,1H3. The summed E-state index contributed by atoms with van der Waals surface area (Å²) >= 11 is 0. The molecule has 1 amide bonds. The molecule has 0 aliphatic carbocycles. The summed E-state index contributed by atoms with van der Waals surface area (Å²) in [4.78, 5) is 18.4. The molecule has 2 aromatic heterocycles. The summed E-state index contributed by atoms with van der Waals surface area (Å²) < 4.78 is 18.8. The van der Waals surface area contributed by atoms with Gasteiger partial charge in [0.25, 0.3) is 0 Å². The molecule has 0 aliphatic heterocycles. The van der Waals surface area contributed by atoms with Crippen LogP contribution in [0.2, 0.25) is 0 Å². The van der Waals surface area contributed by atoms with Crippen LogP contribution < -0.4 is 4.90 Å². The molecule has 4 nitrogen and oxygen atoms in total. The zero-order chi connectivity index (χ0) is 16.9. The van der Waals surface area contributed by atoms with Crippen molar-refractivity contribution in [3.05, 3.63) is 83.8 Å². The van der Waals surface area contributed by atoms with Crippen molar-refractivity contribution in [1.29, 1.82) is 0 Å². The predicted molar refractivity (Wildman–Crippen MR) is 89.0 cm³/mol. The van der Waals surface area contributed by atoms with Gasteiger partial charge in [-0.05, 0) is 55.0 Å². The number of furan rings is 1. The zero-order valence-corrected chi connectivity index (χ0v) is 13.3. The zero-order valence-electron chi connectivity index (χ0n) is 13.3. The summed E-state index contributed by atoms with van der Waals surface area (Å²) in [7, 11) is 0. The van der Waals surface area contributed by atoms with Crippen LogP contribution in [-0.4, -0.2) is 10.9 Å². The molecule has 0 bridgehead atoms. The summed E-state index contributed by atoms with van der Waals surface area (Å²) in [5, 5.41) is 0. The molecule has 0 aliphatic rings. The molecule has 0 atom stereocenters. The highest BCUT2D eigenvalue weighted by atomic mass is 19.1. The third-order valence-electron chi connectivity index (χ3n) is 3.63. The third kappa shape index (κ3) is 3.87. The summed E-state index contributed by atoms with van der Waals surface area (Å²) in [6.07, 6.45) is 3.54. The molecule has 24 heavy (non-hydrogen) atoms. The van der Waals surface area contributed by atoms with Crippen LogP contribution in [0.1, 0.15) is 17.1 Å². The van der Waals surface area contributed by atoms with E-state index < -0.39 is 0 Å². The highest BCUT2D eigenvalue weighted by Crippen LogP contribution is 2.20. The van der Waals surface area contributed by atoms with Crippen LogP contribution in [0.3, 0.4) is 0 Å². The molecular weight excluding hydrogens is 307 g/mol. The fourth-order valence-electron chi connectivity index (χ4n) is 2.44. The maximum Gasteiger partial charge on any atom is 0.231 e. The molecule has 3 rings (SSSR count). The molecular formula is C19H17FN2O2. The number of anilines is 1. The summed E-state index contributed by atoms with van der Waals surface area (Å²) in [6, 6.07) is 13.2. The van der Waals surface area contributed by atoms with Crippen LogP contribution in [0.5, 0.6) is 0 Å². The molecule has 0 spiro atoms. The lowest BCUT2D eigenvalue weighted by molar-refractivity contribution is -0.118. The monoisotopic (exact) mass is 324 g/mol. The van der Waals surface area contributed by atoms with Gasteiger partial charge in [0.05, 0.1) is 13.0 Å². The van der Waals surface area contributed by atoms with Crippen molar-refractivity contribution in [2.75, 3.05) is 4.90 Å². The van der Waals surface area contributed by atoms with E-state index in [1.807, 2.05) is 25.1 Å². The minimum Gasteiger partial charge on any atom is -0.464 e. The molecule has 1 aromatic carbocycles. The first-order chi connectivity index (χ1) is 11.6. The maximum atomic E-state index is 13.2. The van der Waals surface area contributed by atoms with Gasteiger partial charge < -0.3 is 9.32 Å². The molecule has 0 fully saturated rings. The van der Waals surface area contributed by atoms with Crippen molar-refractivity contribution >= 4 is 11.6 Å². The lowest BCUT2D eigenvalue weighted by atomic mass is 10.1. The van der Waals surface area contributed by atoms with E-state index in [9.17, 15) is 9.18 Å². The van der Waals surface area contributed by atoms with E-state index in [1.54, 1.807) is 35.5 Å². The Bertz CT molecular complexity index is 813. The Morgan fingerprint density at radius 3 is 2.58 bits per heavy atom. The van der Waals surface area contributed by atoms with Crippen molar-refractivity contribution in [2.24, 2.45) is 0 Å². The second kappa shape index (κ2) is 7.08. The Labute approximate surface area is 139 Å². The number of rotatable bonds is 5. The van der Waals surface area contributed by atoms with Crippen LogP contribution >= 0.6 is 0 Å². The van der Waals surface area contributed by atoms with E-state index >= 15 is 0 Å². The first-order valence-corrected chi connectivity index (χ1v) is 7.62. The van der Waals surface area contributed by atoms with Gasteiger partial charge in [0, 0.05) is 18.1 Å². The van der Waals surface area contributed by atoms with Gasteiger partial charge in [-0.1, -0.05) is 6.07 Å². The lowest BCUT2D eigenvalue weighted by Crippen LogP contribution is -2.31. The van der Waals surface area contributed by atoms with Gasteiger partial charge >= 0.3 is 0 Å². The van der Waals surface area contributed by atoms with Crippen molar-refractivity contribution in [1.82, 2.24) is 4.98 Å². The van der Waals surface area contributed by atoms with Crippen molar-refractivity contribution in [3.63, 3.8) is 0 Å². The Balaban J connectivity index is 1.85. The van der Waals surface area contributed by atoms with Crippen LogP contribution in [-0.2, 0) is 17.8 Å². The third-order valence-corrected chi connectivity index (χ3v) is 3.63. The average Bonchev–Trinajstić information content (AvgIpc) is 3.00. The van der Waals surface area contributed by atoms with Crippen LogP contribution in [0, 0.1) is 12.7 Å². The van der Waals surface area contributed by atoms with Crippen LogP contribution in [0.4, 0.5) is 10.1 Å². The Morgan fingerprint density at radius 1 is 1.17 bits per heavy atom. The fraction of sp³-hybridized carbons (Fsp3) is 0.158. The van der Waals surface area contributed by atoms with E-state index in [0.717, 1.165) is 11.3 Å². The first kappa shape index (κ1) is 15.9. The van der Waals surface area contributed by atoms with Gasteiger partial charge in [0.15, 0.2) is 0 Å². The van der Waals surface area contributed by atoms with Crippen molar-refractivity contribution < 1.29 is 13.6 Å². The largest absolute Gasteiger partial charge is 0.464 e. The molecule has 0 unspecified atom stereocenters. The maximum absolute atomic E-state index is 13.2. The number of hydrogen-bond acceptors (Lipinski definition) is 3. The lowest BCUT2D eigenvalue weighted by Gasteiger charge is -2.22. The van der Waals surface area contributed by atoms with E-state index in [2.05, 4.69) is 4.98 Å². The number of benzene rings is 1. The molecule has 0 saturated carbocycles. The highest BCUT2D eigenvalue weighted by Gasteiger charge is 2.18. The summed E-state index contributed by atoms with van der Waals surface area (Å²) in [5.41, 5.74) is 1.45. The molecule has 3 aromatic rings. The Kier molecular flexibility index (Phi) is 4.70. The van der Waals surface area contributed by atoms with Crippen LogP contribution in [0.25, 0.3) is 0 Å². The highest BCUT2D eigenvalue weighted by molar-refractivity contribution is 5.94. The first-order valence-electron chi connectivity index (χ1n) is 7.62. The molecule has 0 N–H and O–H groups in total. The van der Waals surface area contributed by atoms with Gasteiger partial charge in [-0.25, -0.2) is 4.39 Å².